The van der Waals surface area contributed by atoms with Crippen molar-refractivity contribution in [3.63, 3.8) is 0 Å². The molecule has 1 aromatic carbocycles. The number of aromatic nitrogens is 1. The Balaban J connectivity index is 1.85. The molecule has 4 heteroatoms. The topological polar surface area (TPSA) is 45.2 Å². The lowest BCUT2D eigenvalue weighted by Crippen LogP contribution is -2.33. The molecule has 1 aliphatic heterocycles. The number of hydrogen-bond acceptors (Lipinski definition) is 3. The van der Waals surface area contributed by atoms with E-state index in [1.54, 1.807) is 0 Å². The van der Waals surface area contributed by atoms with Gasteiger partial charge in [-0.25, -0.2) is 4.98 Å². The number of pyridine rings is 1. The molecule has 0 spiro atoms. The first-order valence-electron chi connectivity index (χ1n) is 9.03. The average Bonchev–Trinajstić information content (AvgIpc) is 2.56. The van der Waals surface area contributed by atoms with Crippen molar-refractivity contribution in [3.8, 4) is 0 Å². The quantitative estimate of drug-likeness (QED) is 0.899. The summed E-state index contributed by atoms with van der Waals surface area (Å²) >= 11 is 0. The van der Waals surface area contributed by atoms with Crippen LogP contribution in [0.3, 0.4) is 0 Å². The maximum Gasteiger partial charge on any atom is 0.224 e. The van der Waals surface area contributed by atoms with Gasteiger partial charge < -0.3 is 10.2 Å². The summed E-state index contributed by atoms with van der Waals surface area (Å²) < 4.78 is 0. The van der Waals surface area contributed by atoms with Crippen LogP contribution >= 0.6 is 0 Å². The summed E-state index contributed by atoms with van der Waals surface area (Å²) in [5, 5.41) is 4.08. The van der Waals surface area contributed by atoms with Crippen molar-refractivity contribution in [2.24, 2.45) is 5.92 Å². The third kappa shape index (κ3) is 3.69. The van der Waals surface area contributed by atoms with E-state index in [2.05, 4.69) is 30.1 Å². The summed E-state index contributed by atoms with van der Waals surface area (Å²) in [7, 11) is 0. The fraction of sp³-hybridized carbons (Fsp3) is 0.500. The lowest BCUT2D eigenvalue weighted by Gasteiger charge is -2.31. The molecule has 2 heterocycles. The molecule has 0 atom stereocenters. The molecule has 0 saturated carbocycles. The molecule has 0 aliphatic carbocycles. The highest BCUT2D eigenvalue weighted by Crippen LogP contribution is 2.27. The molecule has 1 N–H and O–H groups in total. The maximum absolute atomic E-state index is 11.8. The van der Waals surface area contributed by atoms with Crippen molar-refractivity contribution in [1.29, 1.82) is 0 Å². The molecule has 0 bridgehead atoms. The number of rotatable bonds is 4. The minimum atomic E-state index is 0.0709. The van der Waals surface area contributed by atoms with Crippen molar-refractivity contribution >= 4 is 28.3 Å². The van der Waals surface area contributed by atoms with Gasteiger partial charge in [0, 0.05) is 30.6 Å². The largest absolute Gasteiger partial charge is 0.357 e. The van der Waals surface area contributed by atoms with Crippen molar-refractivity contribution in [1.82, 2.24) is 4.98 Å². The predicted octanol–water partition coefficient (Wildman–Crippen LogP) is 4.52. The minimum absolute atomic E-state index is 0.0709. The number of nitrogens with one attached hydrogen (secondary N) is 1. The van der Waals surface area contributed by atoms with Gasteiger partial charge in [0.1, 0.15) is 5.82 Å². The second kappa shape index (κ2) is 7.20. The zero-order chi connectivity index (χ0) is 17.1. The van der Waals surface area contributed by atoms with Gasteiger partial charge in [0.15, 0.2) is 0 Å². The second-order valence-electron chi connectivity index (χ2n) is 7.00. The van der Waals surface area contributed by atoms with Gasteiger partial charge in [-0.05, 0) is 61.9 Å². The van der Waals surface area contributed by atoms with Crippen molar-refractivity contribution < 1.29 is 4.79 Å². The standard InChI is InChI=1S/C20H27N3O/c1-4-5-20(24)21-16-6-7-18-17(13-16)15(3)12-19(22-18)23-10-8-14(2)9-11-23/h6-7,12-14H,4-5,8-11H2,1-3H3,(H,21,24). The molecule has 1 fully saturated rings. The molecular formula is C20H27N3O. The number of anilines is 2. The summed E-state index contributed by atoms with van der Waals surface area (Å²) in [4.78, 5) is 19.0. The van der Waals surface area contributed by atoms with E-state index in [-0.39, 0.29) is 5.91 Å². The molecule has 2 aromatic rings. The van der Waals surface area contributed by atoms with Gasteiger partial charge in [-0.2, -0.15) is 0 Å². The van der Waals surface area contributed by atoms with Gasteiger partial charge in [-0.3, -0.25) is 4.79 Å². The van der Waals surface area contributed by atoms with Crippen LogP contribution in [-0.2, 0) is 4.79 Å². The smallest absolute Gasteiger partial charge is 0.224 e. The highest BCUT2D eigenvalue weighted by Gasteiger charge is 2.18. The average molecular weight is 325 g/mol. The maximum atomic E-state index is 11.8. The summed E-state index contributed by atoms with van der Waals surface area (Å²) in [6, 6.07) is 8.17. The van der Waals surface area contributed by atoms with E-state index in [0.717, 1.165) is 47.8 Å². The number of nitrogens with zero attached hydrogens (tertiary/aromatic N) is 2. The summed E-state index contributed by atoms with van der Waals surface area (Å²) in [5.41, 5.74) is 3.06. The summed E-state index contributed by atoms with van der Waals surface area (Å²) in [5.74, 6) is 1.97. The zero-order valence-electron chi connectivity index (χ0n) is 14.9. The van der Waals surface area contributed by atoms with Crippen molar-refractivity contribution in [3.05, 3.63) is 29.8 Å². The van der Waals surface area contributed by atoms with Crippen LogP contribution in [0.5, 0.6) is 0 Å². The van der Waals surface area contributed by atoms with Gasteiger partial charge in [-0.15, -0.1) is 0 Å². The van der Waals surface area contributed by atoms with E-state index in [1.165, 1.54) is 18.4 Å². The lowest BCUT2D eigenvalue weighted by atomic mass is 9.99. The third-order valence-electron chi connectivity index (χ3n) is 4.87. The Morgan fingerprint density at radius 3 is 2.75 bits per heavy atom. The predicted molar refractivity (Wildman–Crippen MR) is 101 cm³/mol. The SMILES string of the molecule is CCCC(=O)Nc1ccc2nc(N3CCC(C)CC3)cc(C)c2c1. The van der Waals surface area contributed by atoms with E-state index >= 15 is 0 Å². The highest BCUT2D eigenvalue weighted by molar-refractivity contribution is 5.94. The van der Waals surface area contributed by atoms with Crippen LogP contribution in [0.25, 0.3) is 10.9 Å². The number of hydrogen-bond donors (Lipinski definition) is 1. The lowest BCUT2D eigenvalue weighted by molar-refractivity contribution is -0.116. The molecule has 1 aliphatic rings. The van der Waals surface area contributed by atoms with Crippen LogP contribution in [0.4, 0.5) is 11.5 Å². The monoisotopic (exact) mass is 325 g/mol. The molecule has 1 amide bonds. The molecule has 1 aromatic heterocycles. The zero-order valence-corrected chi connectivity index (χ0v) is 14.9. The van der Waals surface area contributed by atoms with E-state index in [4.69, 9.17) is 4.98 Å². The van der Waals surface area contributed by atoms with Crippen LogP contribution in [0.2, 0.25) is 0 Å². The van der Waals surface area contributed by atoms with Crippen molar-refractivity contribution in [2.45, 2.75) is 46.5 Å². The molecule has 0 unspecified atom stereocenters. The van der Waals surface area contributed by atoms with Gasteiger partial charge in [-0.1, -0.05) is 13.8 Å². The Morgan fingerprint density at radius 2 is 2.04 bits per heavy atom. The minimum Gasteiger partial charge on any atom is -0.357 e. The highest BCUT2D eigenvalue weighted by atomic mass is 16.1. The normalized spacial score (nSPS) is 15.7. The molecule has 24 heavy (non-hydrogen) atoms. The van der Waals surface area contributed by atoms with Gasteiger partial charge in [0.05, 0.1) is 5.52 Å². The van der Waals surface area contributed by atoms with Gasteiger partial charge in [0.2, 0.25) is 5.91 Å². The summed E-state index contributed by atoms with van der Waals surface area (Å²) in [6.07, 6.45) is 3.89. The Hall–Kier alpha value is -2.10. The molecule has 1 saturated heterocycles. The van der Waals surface area contributed by atoms with Crippen molar-refractivity contribution in [2.75, 3.05) is 23.3 Å². The Morgan fingerprint density at radius 1 is 1.29 bits per heavy atom. The Labute approximate surface area is 144 Å². The molecule has 0 radical (unpaired) electrons. The fourth-order valence-corrected chi connectivity index (χ4v) is 3.30. The third-order valence-corrected chi connectivity index (χ3v) is 4.87. The number of aryl methyl sites for hydroxylation is 1. The Kier molecular flexibility index (Phi) is 5.03. The first kappa shape index (κ1) is 16.7. The van der Waals surface area contributed by atoms with Crippen LogP contribution in [0.15, 0.2) is 24.3 Å². The molecule has 4 nitrogen and oxygen atoms in total. The number of benzene rings is 1. The first-order chi connectivity index (χ1) is 11.6. The first-order valence-corrected chi connectivity index (χ1v) is 9.03. The van der Waals surface area contributed by atoms with Crippen LogP contribution in [0.1, 0.15) is 45.1 Å². The van der Waals surface area contributed by atoms with Crippen LogP contribution in [-0.4, -0.2) is 24.0 Å². The second-order valence-corrected chi connectivity index (χ2v) is 7.00. The van der Waals surface area contributed by atoms with E-state index in [9.17, 15) is 4.79 Å². The Bertz CT molecular complexity index is 733. The van der Waals surface area contributed by atoms with Crippen LogP contribution < -0.4 is 10.2 Å². The number of carbonyl (C=O) groups excluding carboxylic acids is 1. The molecule has 3 rings (SSSR count). The number of fused-ring (bicyclic) bond motifs is 1. The molecular weight excluding hydrogens is 298 g/mol. The number of amides is 1. The van der Waals surface area contributed by atoms with E-state index in [0.29, 0.717) is 6.42 Å². The van der Waals surface area contributed by atoms with E-state index in [1.807, 2.05) is 25.1 Å². The fourth-order valence-electron chi connectivity index (χ4n) is 3.30. The van der Waals surface area contributed by atoms with Gasteiger partial charge in [0.25, 0.3) is 0 Å². The molecule has 128 valence electrons. The number of piperidine rings is 1. The number of carbonyl (C=O) groups is 1. The van der Waals surface area contributed by atoms with Gasteiger partial charge >= 0.3 is 0 Å². The summed E-state index contributed by atoms with van der Waals surface area (Å²) in [6.45, 7) is 8.63. The van der Waals surface area contributed by atoms with E-state index < -0.39 is 0 Å². The van der Waals surface area contributed by atoms with Crippen LogP contribution in [0, 0.1) is 12.8 Å².